The maximum atomic E-state index is 13.2. The first-order valence-electron chi connectivity index (χ1n) is 9.46. The van der Waals surface area contributed by atoms with E-state index in [4.69, 9.17) is 9.84 Å². The van der Waals surface area contributed by atoms with E-state index in [-0.39, 0.29) is 23.6 Å². The number of sulfonamides is 1. The van der Waals surface area contributed by atoms with Crippen molar-refractivity contribution in [2.24, 2.45) is 0 Å². The van der Waals surface area contributed by atoms with E-state index in [2.05, 4.69) is 0 Å². The van der Waals surface area contributed by atoms with Crippen LogP contribution in [0.5, 0.6) is 5.75 Å². The van der Waals surface area contributed by atoms with Crippen LogP contribution in [0.1, 0.15) is 28.4 Å². The average Bonchev–Trinajstić information content (AvgIpc) is 2.74. The molecule has 6 nitrogen and oxygen atoms in total. The van der Waals surface area contributed by atoms with Crippen molar-refractivity contribution >= 4 is 21.7 Å². The molecule has 0 radical (unpaired) electrons. The molecule has 0 heterocycles. The van der Waals surface area contributed by atoms with Gasteiger partial charge in [-0.1, -0.05) is 36.4 Å². The molecule has 0 bridgehead atoms. The molecule has 30 heavy (non-hydrogen) atoms. The second-order valence-electron chi connectivity index (χ2n) is 6.74. The van der Waals surface area contributed by atoms with Gasteiger partial charge in [-0.15, -0.1) is 0 Å². The van der Waals surface area contributed by atoms with Gasteiger partial charge in [-0.25, -0.2) is 13.2 Å². The van der Waals surface area contributed by atoms with Crippen molar-refractivity contribution in [3.05, 3.63) is 89.5 Å². The molecule has 0 aliphatic heterocycles. The summed E-state index contributed by atoms with van der Waals surface area (Å²) in [5.41, 5.74) is 2.34. The van der Waals surface area contributed by atoms with Crippen LogP contribution >= 0.6 is 0 Å². The summed E-state index contributed by atoms with van der Waals surface area (Å²) in [4.78, 5) is 11.2. The van der Waals surface area contributed by atoms with Gasteiger partial charge in [0, 0.05) is 6.54 Å². The minimum absolute atomic E-state index is 0.179. The minimum Gasteiger partial charge on any atom is -0.487 e. The molecule has 0 aromatic heterocycles. The third-order valence-electron chi connectivity index (χ3n) is 4.60. The Labute approximate surface area is 176 Å². The first-order chi connectivity index (χ1) is 14.3. The predicted molar refractivity (Wildman–Crippen MR) is 116 cm³/mol. The van der Waals surface area contributed by atoms with Crippen LogP contribution in [-0.4, -0.2) is 26.0 Å². The number of rotatable bonds is 8. The van der Waals surface area contributed by atoms with Crippen molar-refractivity contribution in [3.63, 3.8) is 0 Å². The number of anilines is 1. The van der Waals surface area contributed by atoms with Gasteiger partial charge in [0.05, 0.1) is 16.1 Å². The summed E-state index contributed by atoms with van der Waals surface area (Å²) in [5, 5.41) is 9.01. The van der Waals surface area contributed by atoms with Crippen LogP contribution in [0.15, 0.2) is 77.7 Å². The molecule has 0 unspecified atom stereocenters. The van der Waals surface area contributed by atoms with Gasteiger partial charge in [-0.3, -0.25) is 4.31 Å². The molecular formula is C23H23NO5S. The van der Waals surface area contributed by atoms with E-state index in [1.807, 2.05) is 13.0 Å². The molecular weight excluding hydrogens is 402 g/mol. The molecule has 7 heteroatoms. The topological polar surface area (TPSA) is 83.9 Å². The second kappa shape index (κ2) is 9.00. The Morgan fingerprint density at radius 1 is 1.00 bits per heavy atom. The highest BCUT2D eigenvalue weighted by atomic mass is 32.2. The lowest BCUT2D eigenvalue weighted by Crippen LogP contribution is -2.31. The number of benzene rings is 3. The monoisotopic (exact) mass is 425 g/mol. The Morgan fingerprint density at radius 3 is 2.27 bits per heavy atom. The predicted octanol–water partition coefficient (Wildman–Crippen LogP) is 4.49. The highest BCUT2D eigenvalue weighted by Gasteiger charge is 2.26. The number of carbonyl (C=O) groups is 1. The Morgan fingerprint density at radius 2 is 1.67 bits per heavy atom. The summed E-state index contributed by atoms with van der Waals surface area (Å²) in [6.45, 7) is 4.08. The Kier molecular flexibility index (Phi) is 6.42. The van der Waals surface area contributed by atoms with E-state index in [0.717, 1.165) is 11.1 Å². The quantitative estimate of drug-likeness (QED) is 0.575. The maximum absolute atomic E-state index is 13.2. The second-order valence-corrected chi connectivity index (χ2v) is 8.61. The van der Waals surface area contributed by atoms with E-state index in [9.17, 15) is 13.2 Å². The van der Waals surface area contributed by atoms with Crippen molar-refractivity contribution in [2.75, 3.05) is 10.8 Å². The molecule has 0 saturated carbocycles. The fourth-order valence-electron chi connectivity index (χ4n) is 3.04. The lowest BCUT2D eigenvalue weighted by molar-refractivity contribution is 0.0697. The average molecular weight is 426 g/mol. The molecule has 0 saturated heterocycles. The van der Waals surface area contributed by atoms with Gasteiger partial charge >= 0.3 is 5.97 Å². The fourth-order valence-corrected chi connectivity index (χ4v) is 4.54. The van der Waals surface area contributed by atoms with Crippen molar-refractivity contribution in [1.29, 1.82) is 0 Å². The molecule has 3 aromatic rings. The molecule has 0 fully saturated rings. The van der Waals surface area contributed by atoms with Crippen molar-refractivity contribution in [2.45, 2.75) is 25.3 Å². The van der Waals surface area contributed by atoms with Gasteiger partial charge in [-0.2, -0.15) is 0 Å². The van der Waals surface area contributed by atoms with Gasteiger partial charge in [0.1, 0.15) is 12.4 Å². The van der Waals surface area contributed by atoms with Crippen LogP contribution in [0, 0.1) is 6.92 Å². The fraction of sp³-hybridized carbons (Fsp3) is 0.174. The van der Waals surface area contributed by atoms with Gasteiger partial charge in [0.2, 0.25) is 0 Å². The molecule has 0 amide bonds. The van der Waals surface area contributed by atoms with Crippen molar-refractivity contribution < 1.29 is 23.1 Å². The van der Waals surface area contributed by atoms with Gasteiger partial charge < -0.3 is 9.84 Å². The number of hydrogen-bond acceptors (Lipinski definition) is 4. The number of aromatic carboxylic acids is 1. The Bertz CT molecular complexity index is 1130. The number of carboxylic acids is 1. The highest BCUT2D eigenvalue weighted by Crippen LogP contribution is 2.34. The summed E-state index contributed by atoms with van der Waals surface area (Å²) >= 11 is 0. The van der Waals surface area contributed by atoms with Crippen molar-refractivity contribution in [3.8, 4) is 5.75 Å². The first-order valence-corrected chi connectivity index (χ1v) is 10.9. The minimum atomic E-state index is -3.75. The third kappa shape index (κ3) is 4.63. The molecule has 0 spiro atoms. The zero-order valence-electron chi connectivity index (χ0n) is 16.8. The van der Waals surface area contributed by atoms with Crippen LogP contribution in [0.3, 0.4) is 0 Å². The molecule has 0 aliphatic carbocycles. The van der Waals surface area contributed by atoms with Crippen molar-refractivity contribution in [1.82, 2.24) is 0 Å². The first kappa shape index (κ1) is 21.4. The van der Waals surface area contributed by atoms with E-state index >= 15 is 0 Å². The van der Waals surface area contributed by atoms with E-state index in [1.165, 1.54) is 16.4 Å². The Hall–Kier alpha value is -3.32. The van der Waals surface area contributed by atoms with Crippen LogP contribution in [0.2, 0.25) is 0 Å². The summed E-state index contributed by atoms with van der Waals surface area (Å²) in [5.74, 6) is -0.558. The largest absolute Gasteiger partial charge is 0.487 e. The van der Waals surface area contributed by atoms with Crippen LogP contribution in [0.25, 0.3) is 0 Å². The molecule has 1 N–H and O–H groups in total. The Balaban J connectivity index is 1.91. The van der Waals surface area contributed by atoms with Crippen LogP contribution in [-0.2, 0) is 16.6 Å². The number of hydrogen-bond donors (Lipinski definition) is 1. The highest BCUT2D eigenvalue weighted by molar-refractivity contribution is 7.92. The zero-order valence-corrected chi connectivity index (χ0v) is 17.6. The zero-order chi connectivity index (χ0) is 21.7. The summed E-state index contributed by atoms with van der Waals surface area (Å²) in [7, 11) is -3.75. The van der Waals surface area contributed by atoms with Crippen LogP contribution in [0.4, 0.5) is 5.69 Å². The molecule has 3 aromatic carbocycles. The smallest absolute Gasteiger partial charge is 0.335 e. The van der Waals surface area contributed by atoms with E-state index < -0.39 is 16.0 Å². The van der Waals surface area contributed by atoms with E-state index in [0.29, 0.717) is 11.4 Å². The SMILES string of the molecule is CCN(c1cc(C)ccc1OCc1ccc(C(=O)O)cc1)S(=O)(=O)c1ccccc1. The maximum Gasteiger partial charge on any atom is 0.335 e. The lowest BCUT2D eigenvalue weighted by Gasteiger charge is -2.25. The molecule has 156 valence electrons. The summed E-state index contributed by atoms with van der Waals surface area (Å²) in [6, 6.07) is 20.0. The molecule has 3 rings (SSSR count). The number of nitrogens with zero attached hydrogens (tertiary/aromatic N) is 1. The number of carboxylic acid groups (broad SMARTS) is 1. The third-order valence-corrected chi connectivity index (χ3v) is 6.50. The summed E-state index contributed by atoms with van der Waals surface area (Å²) in [6.07, 6.45) is 0. The number of aryl methyl sites for hydroxylation is 1. The molecule has 0 atom stereocenters. The number of ether oxygens (including phenoxy) is 1. The lowest BCUT2D eigenvalue weighted by atomic mass is 10.1. The normalized spacial score (nSPS) is 11.1. The van der Waals surface area contributed by atoms with Gasteiger partial charge in [0.25, 0.3) is 10.0 Å². The van der Waals surface area contributed by atoms with Gasteiger partial charge in [0.15, 0.2) is 0 Å². The van der Waals surface area contributed by atoms with Gasteiger partial charge in [-0.05, 0) is 61.4 Å². The molecule has 0 aliphatic rings. The van der Waals surface area contributed by atoms with Crippen LogP contribution < -0.4 is 9.04 Å². The van der Waals surface area contributed by atoms with E-state index in [1.54, 1.807) is 61.5 Å². The standard InChI is InChI=1S/C23H23NO5S/c1-3-24(30(27,28)20-7-5-4-6-8-20)21-15-17(2)9-14-22(21)29-16-18-10-12-19(13-11-18)23(25)26/h4-15H,3,16H2,1-2H3,(H,25,26). The summed E-state index contributed by atoms with van der Waals surface area (Å²) < 4.78 is 33.7.